The third-order valence-corrected chi connectivity index (χ3v) is 3.85. The summed E-state index contributed by atoms with van der Waals surface area (Å²) in [6, 6.07) is 4.45. The Hall–Kier alpha value is -1.59. The van der Waals surface area contributed by atoms with Crippen LogP contribution in [0.3, 0.4) is 0 Å². The molecule has 3 rings (SSSR count). The molecule has 5 nitrogen and oxygen atoms in total. The fourth-order valence-electron chi connectivity index (χ4n) is 2.79. The third kappa shape index (κ3) is 2.51. The first-order valence-electron chi connectivity index (χ1n) is 6.40. The van der Waals surface area contributed by atoms with Gasteiger partial charge in [0.25, 0.3) is 0 Å². The molecule has 1 aromatic carbocycles. The maximum atomic E-state index is 12.2. The van der Waals surface area contributed by atoms with Crippen molar-refractivity contribution in [1.82, 2.24) is 5.32 Å². The molecule has 2 aliphatic rings. The fourth-order valence-corrected chi connectivity index (χ4v) is 2.79. The Morgan fingerprint density at radius 1 is 1.30 bits per heavy atom. The highest BCUT2D eigenvalue weighted by atomic mass is 35.5. The highest BCUT2D eigenvalue weighted by Gasteiger charge is 2.41. The van der Waals surface area contributed by atoms with Gasteiger partial charge in [-0.15, -0.1) is 12.4 Å². The molecular weight excluding hydrogens is 282 g/mol. The van der Waals surface area contributed by atoms with Crippen molar-refractivity contribution in [2.75, 3.05) is 13.1 Å². The number of benzene rings is 1. The molecule has 2 heterocycles. The molecule has 0 bridgehead atoms. The van der Waals surface area contributed by atoms with Crippen LogP contribution in [0.15, 0.2) is 18.2 Å². The van der Waals surface area contributed by atoms with Gasteiger partial charge in [0.1, 0.15) is 11.4 Å². The number of rotatable bonds is 1. The molecule has 0 amide bonds. The first kappa shape index (κ1) is 14.8. The molecule has 0 aliphatic carbocycles. The zero-order valence-electron chi connectivity index (χ0n) is 10.8. The lowest BCUT2D eigenvalue weighted by Gasteiger charge is -2.40. The van der Waals surface area contributed by atoms with Crippen molar-refractivity contribution in [2.45, 2.75) is 24.9 Å². The van der Waals surface area contributed by atoms with Crippen molar-refractivity contribution in [3.8, 4) is 5.75 Å². The number of halogens is 1. The van der Waals surface area contributed by atoms with Crippen LogP contribution in [0.2, 0.25) is 0 Å². The number of fused-ring (bicyclic) bond motifs is 1. The van der Waals surface area contributed by atoms with E-state index in [-0.39, 0.29) is 23.8 Å². The van der Waals surface area contributed by atoms with E-state index in [1.807, 2.05) is 0 Å². The van der Waals surface area contributed by atoms with Crippen LogP contribution in [0, 0.1) is 0 Å². The molecule has 0 aromatic heterocycles. The van der Waals surface area contributed by atoms with E-state index in [1.54, 1.807) is 6.07 Å². The molecule has 0 saturated carbocycles. The van der Waals surface area contributed by atoms with E-state index in [9.17, 15) is 9.59 Å². The quantitative estimate of drug-likeness (QED) is 0.828. The molecule has 2 N–H and O–H groups in total. The molecule has 1 saturated heterocycles. The van der Waals surface area contributed by atoms with Gasteiger partial charge in [0, 0.05) is 12.8 Å². The Balaban J connectivity index is 0.00000147. The van der Waals surface area contributed by atoms with E-state index in [0.29, 0.717) is 17.7 Å². The van der Waals surface area contributed by atoms with Crippen molar-refractivity contribution in [3.63, 3.8) is 0 Å². The lowest BCUT2D eigenvalue weighted by Crippen LogP contribution is -2.49. The summed E-state index contributed by atoms with van der Waals surface area (Å²) >= 11 is 0. The fraction of sp³-hybridized carbons (Fsp3) is 0.429. The van der Waals surface area contributed by atoms with Crippen molar-refractivity contribution >= 4 is 24.2 Å². The lowest BCUT2D eigenvalue weighted by molar-refractivity contribution is 0.0185. The second-order valence-corrected chi connectivity index (χ2v) is 5.15. The summed E-state index contributed by atoms with van der Waals surface area (Å²) in [5.74, 6) is -0.554. The number of hydrogen-bond acceptors (Lipinski definition) is 4. The van der Waals surface area contributed by atoms with E-state index in [1.165, 1.54) is 12.1 Å². The Labute approximate surface area is 122 Å². The molecule has 20 heavy (non-hydrogen) atoms. The number of ether oxygens (including phenoxy) is 1. The molecule has 1 aromatic rings. The molecule has 1 fully saturated rings. The van der Waals surface area contributed by atoms with Gasteiger partial charge in [-0.2, -0.15) is 0 Å². The largest absolute Gasteiger partial charge is 0.486 e. The smallest absolute Gasteiger partial charge is 0.335 e. The summed E-state index contributed by atoms with van der Waals surface area (Å²) in [5.41, 5.74) is 0.193. The van der Waals surface area contributed by atoms with Crippen LogP contribution in [0.4, 0.5) is 0 Å². The average Bonchev–Trinajstić information content (AvgIpc) is 2.38. The van der Waals surface area contributed by atoms with Gasteiger partial charge in [-0.25, -0.2) is 4.79 Å². The Bertz CT molecular complexity index is 552. The van der Waals surface area contributed by atoms with Crippen LogP contribution in [0.5, 0.6) is 5.75 Å². The summed E-state index contributed by atoms with van der Waals surface area (Å²) in [5, 5.41) is 12.2. The second kappa shape index (κ2) is 5.42. The summed E-state index contributed by atoms with van der Waals surface area (Å²) in [7, 11) is 0. The summed E-state index contributed by atoms with van der Waals surface area (Å²) in [4.78, 5) is 23.2. The van der Waals surface area contributed by atoms with E-state index in [2.05, 4.69) is 5.32 Å². The van der Waals surface area contributed by atoms with Gasteiger partial charge in [0.05, 0.1) is 17.5 Å². The molecule has 0 unspecified atom stereocenters. The van der Waals surface area contributed by atoms with Crippen LogP contribution >= 0.6 is 12.4 Å². The minimum Gasteiger partial charge on any atom is -0.486 e. The first-order valence-corrected chi connectivity index (χ1v) is 6.40. The van der Waals surface area contributed by atoms with E-state index in [0.717, 1.165) is 25.9 Å². The third-order valence-electron chi connectivity index (χ3n) is 3.85. The molecule has 0 radical (unpaired) electrons. The van der Waals surface area contributed by atoms with Gasteiger partial charge in [-0.3, -0.25) is 4.79 Å². The second-order valence-electron chi connectivity index (χ2n) is 5.15. The summed E-state index contributed by atoms with van der Waals surface area (Å²) < 4.78 is 6.00. The first-order chi connectivity index (χ1) is 9.10. The van der Waals surface area contributed by atoms with Crippen LogP contribution < -0.4 is 10.1 Å². The van der Waals surface area contributed by atoms with E-state index < -0.39 is 11.6 Å². The number of Topliss-reactive ketones (excluding diaryl/α,β-unsaturated/α-hetero) is 1. The number of piperidine rings is 1. The zero-order valence-corrected chi connectivity index (χ0v) is 11.7. The van der Waals surface area contributed by atoms with Gasteiger partial charge >= 0.3 is 5.97 Å². The number of carboxylic acid groups (broad SMARTS) is 1. The highest BCUT2D eigenvalue weighted by molar-refractivity contribution is 6.01. The van der Waals surface area contributed by atoms with Gasteiger partial charge in [0.2, 0.25) is 0 Å². The summed E-state index contributed by atoms with van der Waals surface area (Å²) in [6.07, 6.45) is 1.93. The van der Waals surface area contributed by atoms with Crippen molar-refractivity contribution in [1.29, 1.82) is 0 Å². The predicted molar refractivity (Wildman–Crippen MR) is 75.1 cm³/mol. The number of ketones is 1. The zero-order chi connectivity index (χ0) is 13.5. The topological polar surface area (TPSA) is 75.6 Å². The van der Waals surface area contributed by atoms with Gasteiger partial charge in [0.15, 0.2) is 5.78 Å². The van der Waals surface area contributed by atoms with Gasteiger partial charge < -0.3 is 15.2 Å². The molecule has 2 aliphatic heterocycles. The molecule has 6 heteroatoms. The number of carbonyl (C=O) groups is 2. The minimum atomic E-state index is -1.01. The Morgan fingerprint density at radius 2 is 2.00 bits per heavy atom. The van der Waals surface area contributed by atoms with Crippen LogP contribution in [0.25, 0.3) is 0 Å². The maximum absolute atomic E-state index is 12.2. The number of nitrogens with one attached hydrogen (secondary N) is 1. The standard InChI is InChI=1S/C14H15NO4.ClH/c16-11-8-14(3-5-15-6-4-14)19-12-7-9(13(17)18)1-2-10(11)12;/h1-2,7,15H,3-6,8H2,(H,17,18);1H. The Morgan fingerprint density at radius 3 is 2.65 bits per heavy atom. The molecule has 1 spiro atoms. The SMILES string of the molecule is Cl.O=C(O)c1ccc2c(c1)OC1(CCNCC1)CC2=O. The predicted octanol–water partition coefficient (Wildman–Crippen LogP) is 1.89. The maximum Gasteiger partial charge on any atom is 0.335 e. The van der Waals surface area contributed by atoms with Crippen molar-refractivity contribution < 1.29 is 19.4 Å². The average molecular weight is 298 g/mol. The number of hydrogen-bond donors (Lipinski definition) is 2. The number of carbonyl (C=O) groups excluding carboxylic acids is 1. The normalized spacial score (nSPS) is 19.7. The van der Waals surface area contributed by atoms with Crippen LogP contribution in [0.1, 0.15) is 40.0 Å². The van der Waals surface area contributed by atoms with Crippen LogP contribution in [-0.2, 0) is 0 Å². The van der Waals surface area contributed by atoms with Gasteiger partial charge in [-0.05, 0) is 31.3 Å². The monoisotopic (exact) mass is 297 g/mol. The van der Waals surface area contributed by atoms with Crippen LogP contribution in [-0.4, -0.2) is 35.5 Å². The Kier molecular flexibility index (Phi) is 4.01. The van der Waals surface area contributed by atoms with E-state index >= 15 is 0 Å². The van der Waals surface area contributed by atoms with Gasteiger partial charge in [-0.1, -0.05) is 0 Å². The minimum absolute atomic E-state index is 0. The molecular formula is C14H16ClNO4. The summed E-state index contributed by atoms with van der Waals surface area (Å²) in [6.45, 7) is 1.64. The number of carboxylic acids is 1. The van der Waals surface area contributed by atoms with Crippen molar-refractivity contribution in [2.24, 2.45) is 0 Å². The lowest BCUT2D eigenvalue weighted by atomic mass is 9.83. The van der Waals surface area contributed by atoms with E-state index in [4.69, 9.17) is 9.84 Å². The van der Waals surface area contributed by atoms with Crippen molar-refractivity contribution in [3.05, 3.63) is 29.3 Å². The molecule has 108 valence electrons. The highest BCUT2D eigenvalue weighted by Crippen LogP contribution is 2.38. The number of aromatic carboxylic acids is 1. The molecule has 0 atom stereocenters.